The third-order valence-corrected chi connectivity index (χ3v) is 4.82. The number of aromatic nitrogens is 3. The highest BCUT2D eigenvalue weighted by Crippen LogP contribution is 2.36. The topological polar surface area (TPSA) is 22.8 Å². The van der Waals surface area contributed by atoms with Crippen molar-refractivity contribution in [2.75, 3.05) is 0 Å². The number of fused-ring (bicyclic) bond motifs is 4. The van der Waals surface area contributed by atoms with Gasteiger partial charge in [0, 0.05) is 23.4 Å². The van der Waals surface area contributed by atoms with E-state index in [0.29, 0.717) is 0 Å². The third-order valence-electron chi connectivity index (χ3n) is 3.81. The van der Waals surface area contributed by atoms with Gasteiger partial charge in [0.15, 0.2) is 0 Å². The van der Waals surface area contributed by atoms with Crippen molar-refractivity contribution < 1.29 is 0 Å². The molecule has 0 aliphatic heterocycles. The quantitative estimate of drug-likeness (QED) is 0.431. The molecule has 0 radical (unpaired) electrons. The van der Waals surface area contributed by atoms with Crippen LogP contribution in [0.1, 0.15) is 5.56 Å². The molecule has 4 rings (SSSR count). The van der Waals surface area contributed by atoms with Gasteiger partial charge in [0.05, 0.1) is 51.3 Å². The summed E-state index contributed by atoms with van der Waals surface area (Å²) >= 11 is 2.39. The van der Waals surface area contributed by atoms with Crippen LogP contribution < -0.4 is 0 Å². The average molecular weight is 361 g/mol. The Morgan fingerprint density at radius 3 is 2.74 bits per heavy atom. The number of hydrogen-bond acceptors (Lipinski definition) is 1. The van der Waals surface area contributed by atoms with Crippen LogP contribution in [0.15, 0.2) is 36.7 Å². The van der Waals surface area contributed by atoms with Gasteiger partial charge in [-0.3, -0.25) is 2.78 Å². The lowest BCUT2D eigenvalue weighted by molar-refractivity contribution is 0.944. The molecule has 0 aliphatic rings. The van der Waals surface area contributed by atoms with Gasteiger partial charge in [-0.05, 0) is 19.1 Å². The first-order chi connectivity index (χ1) is 9.18. The molecule has 0 spiro atoms. The fourth-order valence-electron chi connectivity index (χ4n) is 2.98. The summed E-state index contributed by atoms with van der Waals surface area (Å²) in [5.41, 5.74) is 6.13. The van der Waals surface area contributed by atoms with E-state index in [1.165, 1.54) is 32.9 Å². The van der Waals surface area contributed by atoms with Crippen LogP contribution >= 0.6 is 22.9 Å². The minimum atomic E-state index is 1.07. The van der Waals surface area contributed by atoms with E-state index in [9.17, 15) is 0 Å². The molecule has 19 heavy (non-hydrogen) atoms. The number of hydrogen-bond donors (Lipinski definition) is 0. The van der Waals surface area contributed by atoms with Crippen LogP contribution in [0.4, 0.5) is 0 Å². The monoisotopic (exact) mass is 361 g/mol. The molecule has 0 fully saturated rings. The second-order valence-electron chi connectivity index (χ2n) is 4.92. The molecule has 4 heteroatoms. The lowest BCUT2D eigenvalue weighted by Crippen LogP contribution is -1.90. The summed E-state index contributed by atoms with van der Waals surface area (Å²) in [6.07, 6.45) is 1.89. The predicted octanol–water partition coefficient (Wildman–Crippen LogP) is 4.19. The van der Waals surface area contributed by atoms with E-state index < -0.39 is 0 Å². The molecule has 94 valence electrons. The van der Waals surface area contributed by atoms with Crippen molar-refractivity contribution in [3.05, 3.63) is 42.2 Å². The van der Waals surface area contributed by atoms with Crippen molar-refractivity contribution in [3.8, 4) is 0 Å². The molecule has 4 aromatic rings. The molecule has 3 nitrogen and oxygen atoms in total. The van der Waals surface area contributed by atoms with Gasteiger partial charge in [-0.15, -0.1) is 0 Å². The lowest BCUT2D eigenvalue weighted by atomic mass is 10.1. The van der Waals surface area contributed by atoms with Gasteiger partial charge in [-0.2, -0.15) is 0 Å². The normalized spacial score (nSPS) is 11.9. The number of aryl methyl sites for hydroxylation is 2. The molecule has 2 aromatic carbocycles. The molecule has 0 atom stereocenters. The molecular formula is C15H12IN3. The van der Waals surface area contributed by atoms with Gasteiger partial charge in [0.1, 0.15) is 0 Å². The first-order valence-corrected chi connectivity index (χ1v) is 7.15. The lowest BCUT2D eigenvalue weighted by Gasteiger charge is -2.04. The molecule has 2 aromatic heterocycles. The van der Waals surface area contributed by atoms with E-state index in [0.717, 1.165) is 5.52 Å². The van der Waals surface area contributed by atoms with E-state index in [-0.39, 0.29) is 0 Å². The molecule has 2 heterocycles. The second kappa shape index (κ2) is 3.72. The maximum atomic E-state index is 4.50. The number of benzene rings is 2. The van der Waals surface area contributed by atoms with Crippen LogP contribution in [0.25, 0.3) is 32.8 Å². The Kier molecular flexibility index (Phi) is 2.21. The second-order valence-corrected chi connectivity index (χ2v) is 5.88. The summed E-state index contributed by atoms with van der Waals surface area (Å²) in [6, 6.07) is 10.7. The number of nitrogens with zero attached hydrogens (tertiary/aromatic N) is 3. The number of imidazole rings is 1. The molecule has 0 saturated heterocycles. The van der Waals surface area contributed by atoms with Crippen molar-refractivity contribution >= 4 is 55.7 Å². The molecule has 0 amide bonds. The van der Waals surface area contributed by atoms with Crippen LogP contribution in [0.3, 0.4) is 0 Å². The van der Waals surface area contributed by atoms with Gasteiger partial charge in [-0.25, -0.2) is 4.98 Å². The summed E-state index contributed by atoms with van der Waals surface area (Å²) in [7, 11) is 2.05. The minimum absolute atomic E-state index is 1.07. The predicted molar refractivity (Wildman–Crippen MR) is 87.9 cm³/mol. The molecular weight excluding hydrogens is 349 g/mol. The zero-order valence-corrected chi connectivity index (χ0v) is 12.8. The van der Waals surface area contributed by atoms with Crippen molar-refractivity contribution in [1.82, 2.24) is 12.3 Å². The molecule has 0 aliphatic carbocycles. The zero-order valence-electron chi connectivity index (χ0n) is 10.7. The summed E-state index contributed by atoms with van der Waals surface area (Å²) in [5.74, 6) is 0. The smallest absolute Gasteiger partial charge is 0.0955 e. The summed E-state index contributed by atoms with van der Waals surface area (Å²) in [5, 5.41) is 2.58. The first kappa shape index (κ1) is 11.3. The highest BCUT2D eigenvalue weighted by Gasteiger charge is 2.15. The SMILES string of the molecule is Cc1c2c(cc3c4ccccc4n(I)c13)ncn2C. The summed E-state index contributed by atoms with van der Waals surface area (Å²) < 4.78 is 4.35. The van der Waals surface area contributed by atoms with Crippen LogP contribution in [0, 0.1) is 6.92 Å². The maximum Gasteiger partial charge on any atom is 0.0955 e. The third kappa shape index (κ3) is 1.35. The van der Waals surface area contributed by atoms with E-state index in [4.69, 9.17) is 0 Å². The van der Waals surface area contributed by atoms with Gasteiger partial charge in [-0.1, -0.05) is 18.2 Å². The highest BCUT2D eigenvalue weighted by atomic mass is 127. The summed E-state index contributed by atoms with van der Waals surface area (Å²) in [4.78, 5) is 4.50. The Balaban J connectivity index is 2.39. The Labute approximate surface area is 124 Å². The van der Waals surface area contributed by atoms with Gasteiger partial charge >= 0.3 is 0 Å². The van der Waals surface area contributed by atoms with Gasteiger partial charge < -0.3 is 4.57 Å². The number of rotatable bonds is 0. The Bertz CT molecular complexity index is 946. The van der Waals surface area contributed by atoms with Crippen LogP contribution in [-0.4, -0.2) is 12.3 Å². The molecule has 0 bridgehead atoms. The van der Waals surface area contributed by atoms with E-state index in [1.807, 2.05) is 13.4 Å². The Morgan fingerprint density at radius 1 is 1.11 bits per heavy atom. The van der Waals surface area contributed by atoms with Crippen molar-refractivity contribution in [2.45, 2.75) is 6.92 Å². The molecule has 0 N–H and O–H groups in total. The molecule has 0 unspecified atom stereocenters. The highest BCUT2D eigenvalue weighted by molar-refractivity contribution is 14.1. The van der Waals surface area contributed by atoms with E-state index in [2.05, 4.69) is 72.5 Å². The largest absolute Gasteiger partial charge is 0.333 e. The van der Waals surface area contributed by atoms with Crippen molar-refractivity contribution in [3.63, 3.8) is 0 Å². The minimum Gasteiger partial charge on any atom is -0.333 e. The van der Waals surface area contributed by atoms with Crippen LogP contribution in [0.5, 0.6) is 0 Å². The van der Waals surface area contributed by atoms with Crippen LogP contribution in [0.2, 0.25) is 0 Å². The number of para-hydroxylation sites is 1. The Hall–Kier alpha value is -1.56. The van der Waals surface area contributed by atoms with E-state index in [1.54, 1.807) is 0 Å². The zero-order chi connectivity index (χ0) is 13.1. The van der Waals surface area contributed by atoms with Crippen LogP contribution in [-0.2, 0) is 7.05 Å². The standard InChI is InChI=1S/C15H12IN3/c1-9-14-11(7-12-15(9)18(2)8-17-12)10-5-3-4-6-13(10)19(14)16/h3-8H,1-2H3. The van der Waals surface area contributed by atoms with Gasteiger partial charge in [0.25, 0.3) is 0 Å². The maximum absolute atomic E-state index is 4.50. The van der Waals surface area contributed by atoms with Crippen molar-refractivity contribution in [1.29, 1.82) is 0 Å². The van der Waals surface area contributed by atoms with E-state index >= 15 is 0 Å². The average Bonchev–Trinajstić information content (AvgIpc) is 2.92. The fraction of sp³-hybridized carbons (Fsp3) is 0.133. The summed E-state index contributed by atoms with van der Waals surface area (Å²) in [6.45, 7) is 2.18. The fourth-order valence-corrected chi connectivity index (χ4v) is 4.02. The number of halogens is 1. The first-order valence-electron chi connectivity index (χ1n) is 6.18. The molecule has 0 saturated carbocycles. The van der Waals surface area contributed by atoms with Gasteiger partial charge in [0.2, 0.25) is 0 Å². The van der Waals surface area contributed by atoms with Crippen molar-refractivity contribution in [2.24, 2.45) is 7.05 Å². The Morgan fingerprint density at radius 2 is 1.89 bits per heavy atom.